The normalized spacial score (nSPS) is 18.3. The Bertz CT molecular complexity index is 771. The van der Waals surface area contributed by atoms with Crippen molar-refractivity contribution in [3.8, 4) is 5.75 Å². The van der Waals surface area contributed by atoms with Crippen LogP contribution in [0.5, 0.6) is 5.75 Å². The van der Waals surface area contributed by atoms with Crippen molar-refractivity contribution in [2.24, 2.45) is 0 Å². The predicted molar refractivity (Wildman–Crippen MR) is 82.0 cm³/mol. The second kappa shape index (κ2) is 5.07. The zero-order valence-electron chi connectivity index (χ0n) is 11.7. The molecule has 1 unspecified atom stereocenters. The van der Waals surface area contributed by atoms with Gasteiger partial charge in [0.15, 0.2) is 0 Å². The molecular formula is C16H17NO3S. The van der Waals surface area contributed by atoms with Gasteiger partial charge in [-0.2, -0.15) is 0 Å². The lowest BCUT2D eigenvalue weighted by Crippen LogP contribution is -2.42. The average molecular weight is 303 g/mol. The first-order chi connectivity index (χ1) is 10.0. The van der Waals surface area contributed by atoms with Crippen molar-refractivity contribution >= 4 is 15.7 Å². The Morgan fingerprint density at radius 1 is 1.10 bits per heavy atom. The molecule has 1 aliphatic heterocycles. The van der Waals surface area contributed by atoms with E-state index in [1.54, 1.807) is 12.1 Å². The number of hydrogen-bond acceptors (Lipinski definition) is 3. The van der Waals surface area contributed by atoms with Gasteiger partial charge in [0, 0.05) is 6.04 Å². The molecule has 0 amide bonds. The van der Waals surface area contributed by atoms with E-state index in [1.807, 2.05) is 31.2 Å². The number of phenols is 1. The molecule has 0 aliphatic carbocycles. The molecule has 1 heterocycles. The Kier molecular flexibility index (Phi) is 3.37. The quantitative estimate of drug-likeness (QED) is 0.928. The van der Waals surface area contributed by atoms with Gasteiger partial charge in [0.2, 0.25) is 0 Å². The lowest BCUT2D eigenvalue weighted by molar-refractivity contribution is 0.457. The number of nitrogens with zero attached hydrogens (tertiary/aromatic N) is 1. The van der Waals surface area contributed by atoms with Crippen LogP contribution in [0.3, 0.4) is 0 Å². The first-order valence-corrected chi connectivity index (χ1v) is 8.36. The van der Waals surface area contributed by atoms with Crippen molar-refractivity contribution in [2.45, 2.75) is 30.7 Å². The van der Waals surface area contributed by atoms with Crippen LogP contribution < -0.4 is 4.31 Å². The molecule has 0 saturated heterocycles. The summed E-state index contributed by atoms with van der Waals surface area (Å²) in [5, 5.41) is 9.91. The van der Waals surface area contributed by atoms with Crippen molar-refractivity contribution in [3.63, 3.8) is 0 Å². The second-order valence-corrected chi connectivity index (χ2v) is 7.07. The van der Waals surface area contributed by atoms with Crippen molar-refractivity contribution in [2.75, 3.05) is 4.31 Å². The molecule has 0 spiro atoms. The zero-order valence-corrected chi connectivity index (χ0v) is 12.5. The van der Waals surface area contributed by atoms with Gasteiger partial charge in [-0.05, 0) is 43.5 Å². The lowest BCUT2D eigenvalue weighted by atomic mass is 9.99. The Morgan fingerprint density at radius 2 is 1.76 bits per heavy atom. The molecule has 2 aromatic rings. The average Bonchev–Trinajstić information content (AvgIpc) is 2.47. The third-order valence-corrected chi connectivity index (χ3v) is 5.84. The zero-order chi connectivity index (χ0) is 15.0. The Labute approximate surface area is 124 Å². The van der Waals surface area contributed by atoms with Crippen LogP contribution in [0.2, 0.25) is 0 Å². The monoisotopic (exact) mass is 303 g/mol. The molecule has 3 rings (SSSR count). The highest BCUT2D eigenvalue weighted by molar-refractivity contribution is 7.93. The van der Waals surface area contributed by atoms with Crippen molar-refractivity contribution in [3.05, 3.63) is 54.1 Å². The SMILES string of the molecule is CC1CCc2ccccc2N1S(=O)(=O)c1ccccc1O. The van der Waals surface area contributed by atoms with E-state index in [0.717, 1.165) is 18.4 Å². The fourth-order valence-electron chi connectivity index (χ4n) is 2.80. The van der Waals surface area contributed by atoms with Gasteiger partial charge in [0.05, 0.1) is 5.69 Å². The van der Waals surface area contributed by atoms with Crippen LogP contribution >= 0.6 is 0 Å². The van der Waals surface area contributed by atoms with E-state index >= 15 is 0 Å². The molecule has 1 atom stereocenters. The minimum absolute atomic E-state index is 0.0476. The van der Waals surface area contributed by atoms with Gasteiger partial charge in [0.1, 0.15) is 10.6 Å². The van der Waals surface area contributed by atoms with E-state index in [1.165, 1.54) is 16.4 Å². The van der Waals surface area contributed by atoms with Gasteiger partial charge in [-0.1, -0.05) is 30.3 Å². The summed E-state index contributed by atoms with van der Waals surface area (Å²) in [7, 11) is -3.77. The maximum atomic E-state index is 12.9. The summed E-state index contributed by atoms with van der Waals surface area (Å²) in [6, 6.07) is 13.5. The van der Waals surface area contributed by atoms with Crippen LogP contribution in [0.15, 0.2) is 53.4 Å². The lowest BCUT2D eigenvalue weighted by Gasteiger charge is -2.36. The minimum atomic E-state index is -3.77. The summed E-state index contributed by atoms with van der Waals surface area (Å²) in [4.78, 5) is -0.0476. The molecule has 1 N–H and O–H groups in total. The highest BCUT2D eigenvalue weighted by atomic mass is 32.2. The van der Waals surface area contributed by atoms with E-state index in [4.69, 9.17) is 0 Å². The summed E-state index contributed by atoms with van der Waals surface area (Å²) in [6.45, 7) is 1.90. The number of aromatic hydroxyl groups is 1. The maximum absolute atomic E-state index is 12.9. The van der Waals surface area contributed by atoms with Crippen LogP contribution in [0, 0.1) is 0 Å². The number of benzene rings is 2. The van der Waals surface area contributed by atoms with Gasteiger partial charge in [-0.25, -0.2) is 8.42 Å². The van der Waals surface area contributed by atoms with E-state index in [0.29, 0.717) is 5.69 Å². The maximum Gasteiger partial charge on any atom is 0.268 e. The minimum Gasteiger partial charge on any atom is -0.507 e. The summed E-state index contributed by atoms with van der Waals surface area (Å²) >= 11 is 0. The van der Waals surface area contributed by atoms with E-state index in [-0.39, 0.29) is 16.7 Å². The van der Waals surface area contributed by atoms with Gasteiger partial charge in [-0.3, -0.25) is 4.31 Å². The van der Waals surface area contributed by atoms with Crippen LogP contribution in [-0.2, 0) is 16.4 Å². The van der Waals surface area contributed by atoms with Gasteiger partial charge in [-0.15, -0.1) is 0 Å². The van der Waals surface area contributed by atoms with Gasteiger partial charge >= 0.3 is 0 Å². The number of phenolic OH excluding ortho intramolecular Hbond substituents is 1. The molecule has 110 valence electrons. The van der Waals surface area contributed by atoms with Crippen LogP contribution in [0.4, 0.5) is 5.69 Å². The molecule has 21 heavy (non-hydrogen) atoms. The molecule has 4 nitrogen and oxygen atoms in total. The van der Waals surface area contributed by atoms with Crippen LogP contribution in [0.1, 0.15) is 18.9 Å². The van der Waals surface area contributed by atoms with E-state index in [9.17, 15) is 13.5 Å². The summed E-state index contributed by atoms with van der Waals surface area (Å²) in [6.07, 6.45) is 1.63. The fourth-order valence-corrected chi connectivity index (χ4v) is 4.61. The molecule has 0 bridgehead atoms. The topological polar surface area (TPSA) is 57.6 Å². The van der Waals surface area contributed by atoms with Gasteiger partial charge < -0.3 is 5.11 Å². The smallest absolute Gasteiger partial charge is 0.268 e. The number of para-hydroxylation sites is 2. The van der Waals surface area contributed by atoms with E-state index < -0.39 is 10.0 Å². The van der Waals surface area contributed by atoms with Crippen molar-refractivity contribution in [1.82, 2.24) is 0 Å². The first kappa shape index (κ1) is 13.9. The number of aryl methyl sites for hydroxylation is 1. The largest absolute Gasteiger partial charge is 0.507 e. The Morgan fingerprint density at radius 3 is 2.52 bits per heavy atom. The molecule has 1 aliphatic rings. The number of hydrogen-bond donors (Lipinski definition) is 1. The summed E-state index contributed by atoms with van der Waals surface area (Å²) in [5.74, 6) is -0.215. The Balaban J connectivity index is 2.17. The molecule has 0 fully saturated rings. The highest BCUT2D eigenvalue weighted by Crippen LogP contribution is 2.36. The third-order valence-electron chi connectivity index (χ3n) is 3.86. The Hall–Kier alpha value is -2.01. The number of rotatable bonds is 2. The molecule has 0 aromatic heterocycles. The predicted octanol–water partition coefficient (Wildman–Crippen LogP) is 2.92. The highest BCUT2D eigenvalue weighted by Gasteiger charge is 2.34. The summed E-state index contributed by atoms with van der Waals surface area (Å²) in [5.41, 5.74) is 1.73. The fraction of sp³-hybridized carbons (Fsp3) is 0.250. The number of fused-ring (bicyclic) bond motifs is 1. The van der Waals surface area contributed by atoms with E-state index in [2.05, 4.69) is 0 Å². The van der Waals surface area contributed by atoms with Crippen LogP contribution in [-0.4, -0.2) is 19.6 Å². The molecule has 5 heteroatoms. The molecule has 0 saturated carbocycles. The third kappa shape index (κ3) is 2.27. The number of anilines is 1. The molecule has 2 aromatic carbocycles. The molecular weight excluding hydrogens is 286 g/mol. The van der Waals surface area contributed by atoms with Gasteiger partial charge in [0.25, 0.3) is 10.0 Å². The van der Waals surface area contributed by atoms with Crippen molar-refractivity contribution in [1.29, 1.82) is 0 Å². The first-order valence-electron chi connectivity index (χ1n) is 6.92. The summed E-state index contributed by atoms with van der Waals surface area (Å²) < 4.78 is 27.3. The second-order valence-electron chi connectivity index (χ2n) is 5.28. The van der Waals surface area contributed by atoms with Crippen LogP contribution in [0.25, 0.3) is 0 Å². The standard InChI is InChI=1S/C16H17NO3S/c1-12-10-11-13-6-2-3-7-14(13)17(12)21(19,20)16-9-5-4-8-15(16)18/h2-9,12,18H,10-11H2,1H3. The van der Waals surface area contributed by atoms with Crippen molar-refractivity contribution < 1.29 is 13.5 Å². The number of sulfonamides is 1. The molecule has 0 radical (unpaired) electrons.